The lowest BCUT2D eigenvalue weighted by atomic mass is 9.78. The van der Waals surface area contributed by atoms with Gasteiger partial charge in [-0.1, -0.05) is 78.3 Å². The number of benzene rings is 3. The molecule has 0 amide bonds. The van der Waals surface area contributed by atoms with Crippen LogP contribution >= 0.6 is 11.6 Å². The SMILES string of the molecule is Clc1ccc([C@@]2(Cc3ccccc3)c3ccccc3-c3nccn32)cc1. The van der Waals surface area contributed by atoms with E-state index >= 15 is 0 Å². The fourth-order valence-corrected chi connectivity index (χ4v) is 4.30. The summed E-state index contributed by atoms with van der Waals surface area (Å²) in [5, 5.41) is 0.751. The monoisotopic (exact) mass is 356 g/mol. The minimum Gasteiger partial charge on any atom is -0.316 e. The van der Waals surface area contributed by atoms with E-state index < -0.39 is 0 Å². The van der Waals surface area contributed by atoms with Crippen molar-refractivity contribution in [3.05, 3.63) is 113 Å². The normalized spacial score (nSPS) is 17.7. The Kier molecular flexibility index (Phi) is 3.47. The van der Waals surface area contributed by atoms with E-state index in [1.54, 1.807) is 0 Å². The Hall–Kier alpha value is -2.84. The molecule has 0 radical (unpaired) electrons. The van der Waals surface area contributed by atoms with Gasteiger partial charge in [0.05, 0.1) is 0 Å². The molecule has 1 aliphatic heterocycles. The molecule has 0 aliphatic carbocycles. The summed E-state index contributed by atoms with van der Waals surface area (Å²) < 4.78 is 2.31. The van der Waals surface area contributed by atoms with Gasteiger partial charge in [0, 0.05) is 29.4 Å². The number of imidazole rings is 1. The zero-order valence-electron chi connectivity index (χ0n) is 14.1. The van der Waals surface area contributed by atoms with E-state index in [2.05, 4.69) is 82.5 Å². The number of halogens is 1. The molecule has 26 heavy (non-hydrogen) atoms. The summed E-state index contributed by atoms with van der Waals surface area (Å²) in [4.78, 5) is 4.65. The molecule has 3 aromatic carbocycles. The molecule has 2 heterocycles. The average Bonchev–Trinajstić information content (AvgIpc) is 3.26. The van der Waals surface area contributed by atoms with Crippen LogP contribution in [0.3, 0.4) is 0 Å². The molecule has 5 rings (SSSR count). The van der Waals surface area contributed by atoms with E-state index in [9.17, 15) is 0 Å². The van der Waals surface area contributed by atoms with Gasteiger partial charge in [0.15, 0.2) is 0 Å². The van der Waals surface area contributed by atoms with Crippen molar-refractivity contribution in [2.45, 2.75) is 12.0 Å². The maximum Gasteiger partial charge on any atom is 0.141 e. The summed E-state index contributed by atoms with van der Waals surface area (Å²) in [6.45, 7) is 0. The lowest BCUT2D eigenvalue weighted by Gasteiger charge is -2.34. The van der Waals surface area contributed by atoms with Crippen LogP contribution in [0.5, 0.6) is 0 Å². The Morgan fingerprint density at radius 1 is 0.846 bits per heavy atom. The highest BCUT2D eigenvalue weighted by molar-refractivity contribution is 6.30. The summed E-state index contributed by atoms with van der Waals surface area (Å²) in [5.74, 6) is 1.02. The van der Waals surface area contributed by atoms with Crippen molar-refractivity contribution >= 4 is 11.6 Å². The van der Waals surface area contributed by atoms with E-state index in [1.165, 1.54) is 22.3 Å². The van der Waals surface area contributed by atoms with Gasteiger partial charge in [0.1, 0.15) is 11.4 Å². The van der Waals surface area contributed by atoms with Crippen LogP contribution in [0.1, 0.15) is 16.7 Å². The molecule has 0 saturated carbocycles. The predicted octanol–water partition coefficient (Wildman–Crippen LogP) is 5.55. The van der Waals surface area contributed by atoms with Crippen LogP contribution < -0.4 is 0 Å². The first kappa shape index (κ1) is 15.4. The quantitative estimate of drug-likeness (QED) is 0.470. The maximum absolute atomic E-state index is 6.18. The van der Waals surface area contributed by atoms with Gasteiger partial charge in [-0.05, 0) is 28.8 Å². The molecule has 0 fully saturated rings. The lowest BCUT2D eigenvalue weighted by Crippen LogP contribution is -2.35. The lowest BCUT2D eigenvalue weighted by molar-refractivity contribution is 0.450. The van der Waals surface area contributed by atoms with Gasteiger partial charge in [-0.25, -0.2) is 4.98 Å². The molecule has 1 atom stereocenters. The Morgan fingerprint density at radius 3 is 2.38 bits per heavy atom. The van der Waals surface area contributed by atoms with Crippen molar-refractivity contribution in [3.8, 4) is 11.4 Å². The van der Waals surface area contributed by atoms with Crippen LogP contribution in [0.2, 0.25) is 5.02 Å². The molecule has 2 nitrogen and oxygen atoms in total. The second-order valence-corrected chi connectivity index (χ2v) is 7.13. The minimum absolute atomic E-state index is 0.325. The molecule has 0 spiro atoms. The molecule has 0 unspecified atom stereocenters. The van der Waals surface area contributed by atoms with Gasteiger partial charge >= 0.3 is 0 Å². The molecule has 4 aromatic rings. The van der Waals surface area contributed by atoms with Crippen molar-refractivity contribution in [2.75, 3.05) is 0 Å². The molecule has 126 valence electrons. The Bertz CT molecular complexity index is 1070. The van der Waals surface area contributed by atoms with Gasteiger partial charge in [0.25, 0.3) is 0 Å². The molecule has 0 bridgehead atoms. The third-order valence-electron chi connectivity index (χ3n) is 5.29. The van der Waals surface area contributed by atoms with Crippen LogP contribution in [0.4, 0.5) is 0 Å². The fraction of sp³-hybridized carbons (Fsp3) is 0.0870. The second-order valence-electron chi connectivity index (χ2n) is 6.70. The molecule has 3 heteroatoms. The molecule has 1 aliphatic rings. The topological polar surface area (TPSA) is 17.8 Å². The highest BCUT2D eigenvalue weighted by atomic mass is 35.5. The number of fused-ring (bicyclic) bond motifs is 3. The fourth-order valence-electron chi connectivity index (χ4n) is 4.17. The first-order valence-corrected chi connectivity index (χ1v) is 9.10. The summed E-state index contributed by atoms with van der Waals surface area (Å²) >= 11 is 6.18. The van der Waals surface area contributed by atoms with Crippen LogP contribution in [0, 0.1) is 0 Å². The number of hydrogen-bond acceptors (Lipinski definition) is 1. The third kappa shape index (κ3) is 2.16. The second kappa shape index (κ2) is 5.86. The summed E-state index contributed by atoms with van der Waals surface area (Å²) in [7, 11) is 0. The van der Waals surface area contributed by atoms with E-state index in [-0.39, 0.29) is 5.54 Å². The number of nitrogens with zero attached hydrogens (tertiary/aromatic N) is 2. The zero-order valence-corrected chi connectivity index (χ0v) is 14.9. The smallest absolute Gasteiger partial charge is 0.141 e. The van der Waals surface area contributed by atoms with Gasteiger partial charge < -0.3 is 4.57 Å². The minimum atomic E-state index is -0.325. The summed E-state index contributed by atoms with van der Waals surface area (Å²) in [6, 6.07) is 27.4. The highest BCUT2D eigenvalue weighted by Gasteiger charge is 2.44. The predicted molar refractivity (Wildman–Crippen MR) is 105 cm³/mol. The number of rotatable bonds is 3. The van der Waals surface area contributed by atoms with Crippen molar-refractivity contribution < 1.29 is 0 Å². The maximum atomic E-state index is 6.18. The molecular formula is C23H17ClN2. The third-order valence-corrected chi connectivity index (χ3v) is 5.54. The first-order valence-electron chi connectivity index (χ1n) is 8.73. The van der Waals surface area contributed by atoms with Crippen LogP contribution in [-0.4, -0.2) is 9.55 Å². The van der Waals surface area contributed by atoms with Crippen molar-refractivity contribution in [1.29, 1.82) is 0 Å². The zero-order chi connectivity index (χ0) is 17.6. The van der Waals surface area contributed by atoms with Crippen LogP contribution in [0.15, 0.2) is 91.3 Å². The Labute approximate surface area is 157 Å². The summed E-state index contributed by atoms with van der Waals surface area (Å²) in [5.41, 5.74) is 4.67. The van der Waals surface area contributed by atoms with Crippen LogP contribution in [-0.2, 0) is 12.0 Å². The van der Waals surface area contributed by atoms with Crippen LogP contribution in [0.25, 0.3) is 11.4 Å². The van der Waals surface area contributed by atoms with Crippen molar-refractivity contribution in [3.63, 3.8) is 0 Å². The van der Waals surface area contributed by atoms with Gasteiger partial charge in [-0.2, -0.15) is 0 Å². The Morgan fingerprint density at radius 2 is 1.58 bits per heavy atom. The molecular weight excluding hydrogens is 340 g/mol. The van der Waals surface area contributed by atoms with Gasteiger partial charge in [-0.3, -0.25) is 0 Å². The molecule has 1 aromatic heterocycles. The first-order chi connectivity index (χ1) is 12.8. The number of hydrogen-bond donors (Lipinski definition) is 0. The number of aromatic nitrogens is 2. The van der Waals surface area contributed by atoms with E-state index in [1.807, 2.05) is 18.3 Å². The summed E-state index contributed by atoms with van der Waals surface area (Å²) in [6.07, 6.45) is 4.84. The van der Waals surface area contributed by atoms with Gasteiger partial charge in [0.2, 0.25) is 0 Å². The van der Waals surface area contributed by atoms with E-state index in [0.717, 1.165) is 17.3 Å². The van der Waals surface area contributed by atoms with E-state index in [4.69, 9.17) is 11.6 Å². The van der Waals surface area contributed by atoms with E-state index in [0.29, 0.717) is 0 Å². The Balaban J connectivity index is 1.82. The average molecular weight is 357 g/mol. The highest BCUT2D eigenvalue weighted by Crippen LogP contribution is 2.48. The molecule has 0 saturated heterocycles. The largest absolute Gasteiger partial charge is 0.316 e. The van der Waals surface area contributed by atoms with Gasteiger partial charge in [-0.15, -0.1) is 0 Å². The van der Waals surface area contributed by atoms with Crippen molar-refractivity contribution in [1.82, 2.24) is 9.55 Å². The molecule has 0 N–H and O–H groups in total. The van der Waals surface area contributed by atoms with Crippen molar-refractivity contribution in [2.24, 2.45) is 0 Å². The standard InChI is InChI=1S/C23H17ClN2/c24-19-12-10-18(11-13-19)23(16-17-6-2-1-3-7-17)21-9-5-4-8-20(21)22-25-14-15-26(22)23/h1-15H,16H2/t23-/m0/s1.